The van der Waals surface area contributed by atoms with Crippen LogP contribution < -0.4 is 0 Å². The summed E-state index contributed by atoms with van der Waals surface area (Å²) >= 11 is 0. The summed E-state index contributed by atoms with van der Waals surface area (Å²) in [5.41, 5.74) is 0. The zero-order chi connectivity index (χ0) is 14.6. The first-order valence-electron chi connectivity index (χ1n) is 6.91. The van der Waals surface area contributed by atoms with Crippen LogP contribution in [-0.4, -0.2) is 66.7 Å². The number of hydrogen-bond donors (Lipinski definition) is 1. The summed E-state index contributed by atoms with van der Waals surface area (Å²) in [7, 11) is -2.88. The first-order chi connectivity index (χ1) is 9.48. The molecule has 2 rings (SSSR count). The van der Waals surface area contributed by atoms with E-state index in [4.69, 9.17) is 4.74 Å². The smallest absolute Gasteiger partial charge is 0.180 e. The van der Waals surface area contributed by atoms with Crippen LogP contribution in [0.4, 0.5) is 0 Å². The van der Waals surface area contributed by atoms with Crippen molar-refractivity contribution in [1.29, 1.82) is 0 Å². The van der Waals surface area contributed by atoms with Gasteiger partial charge in [-0.15, -0.1) is 0 Å². The van der Waals surface area contributed by atoms with Gasteiger partial charge in [-0.25, -0.2) is 13.4 Å². The molecular weight excluding hydrogens is 280 g/mol. The number of rotatable bonds is 6. The van der Waals surface area contributed by atoms with Crippen LogP contribution in [0, 0.1) is 0 Å². The zero-order valence-electron chi connectivity index (χ0n) is 12.0. The highest BCUT2D eigenvalue weighted by atomic mass is 32.2. The first kappa shape index (κ1) is 15.4. The number of morpholine rings is 1. The lowest BCUT2D eigenvalue weighted by Gasteiger charge is -2.31. The highest BCUT2D eigenvalue weighted by Gasteiger charge is 2.25. The average molecular weight is 302 g/mol. The number of aryl methyl sites for hydroxylation is 1. The second kappa shape index (κ2) is 6.64. The van der Waals surface area contributed by atoms with Crippen molar-refractivity contribution < 1.29 is 13.2 Å². The zero-order valence-corrected chi connectivity index (χ0v) is 12.8. The van der Waals surface area contributed by atoms with Crippen LogP contribution in [0.5, 0.6) is 0 Å². The normalized spacial score (nSPS) is 21.2. The summed E-state index contributed by atoms with van der Waals surface area (Å²) in [6, 6.07) is 0. The van der Waals surface area contributed by atoms with Crippen molar-refractivity contribution in [2.75, 3.05) is 38.2 Å². The predicted molar refractivity (Wildman–Crippen MR) is 75.2 cm³/mol. The fourth-order valence-electron chi connectivity index (χ4n) is 2.22. The Morgan fingerprint density at radius 1 is 1.50 bits per heavy atom. The predicted octanol–water partition coefficient (Wildman–Crippen LogP) is 0.175. The molecule has 0 spiro atoms. The summed E-state index contributed by atoms with van der Waals surface area (Å²) in [5.74, 6) is 1.78. The third kappa shape index (κ3) is 4.53. The van der Waals surface area contributed by atoms with Crippen molar-refractivity contribution in [2.45, 2.75) is 25.9 Å². The minimum absolute atomic E-state index is 0.126. The van der Waals surface area contributed by atoms with Crippen molar-refractivity contribution in [2.24, 2.45) is 0 Å². The van der Waals surface area contributed by atoms with E-state index in [0.29, 0.717) is 25.4 Å². The van der Waals surface area contributed by atoms with Gasteiger partial charge in [0.25, 0.3) is 0 Å². The monoisotopic (exact) mass is 302 g/mol. The van der Waals surface area contributed by atoms with Gasteiger partial charge in [0.15, 0.2) is 5.82 Å². The molecule has 0 amide bonds. The van der Waals surface area contributed by atoms with Gasteiger partial charge in [0.05, 0.1) is 12.4 Å². The molecule has 1 aromatic rings. The number of aromatic amines is 1. The maximum atomic E-state index is 11.1. The second-order valence-electron chi connectivity index (χ2n) is 5.14. The molecule has 0 aromatic carbocycles. The van der Waals surface area contributed by atoms with Crippen LogP contribution in [0.25, 0.3) is 0 Å². The van der Waals surface area contributed by atoms with E-state index in [1.807, 2.05) is 6.92 Å². The van der Waals surface area contributed by atoms with E-state index >= 15 is 0 Å². The summed E-state index contributed by atoms with van der Waals surface area (Å²) < 4.78 is 27.9. The fourth-order valence-corrected chi connectivity index (χ4v) is 2.88. The molecule has 114 valence electrons. The Hall–Kier alpha value is -0.990. The van der Waals surface area contributed by atoms with Gasteiger partial charge in [0.2, 0.25) is 0 Å². The maximum absolute atomic E-state index is 11.1. The van der Waals surface area contributed by atoms with Crippen molar-refractivity contribution >= 4 is 9.84 Å². The number of nitrogens with one attached hydrogen (secondary N) is 1. The molecule has 0 bridgehead atoms. The Bertz CT molecular complexity index is 529. The third-order valence-corrected chi connectivity index (χ3v) is 4.34. The molecule has 0 unspecified atom stereocenters. The SMILES string of the molecule is CCc1nc([C@@H]2CN(CCCS(C)(=O)=O)CCO2)n[nH]1. The average Bonchev–Trinajstić information content (AvgIpc) is 2.86. The first-order valence-corrected chi connectivity index (χ1v) is 8.97. The number of hydrogen-bond acceptors (Lipinski definition) is 6. The van der Waals surface area contributed by atoms with Gasteiger partial charge in [-0.2, -0.15) is 5.10 Å². The van der Waals surface area contributed by atoms with Gasteiger partial charge >= 0.3 is 0 Å². The molecule has 0 radical (unpaired) electrons. The minimum atomic E-state index is -2.88. The molecule has 2 heterocycles. The molecule has 1 aliphatic heterocycles. The van der Waals surface area contributed by atoms with Gasteiger partial charge in [0.1, 0.15) is 21.8 Å². The Morgan fingerprint density at radius 3 is 2.95 bits per heavy atom. The van der Waals surface area contributed by atoms with Gasteiger partial charge in [0, 0.05) is 25.8 Å². The number of ether oxygens (including phenoxy) is 1. The van der Waals surface area contributed by atoms with Gasteiger partial charge < -0.3 is 4.74 Å². The highest BCUT2D eigenvalue weighted by Crippen LogP contribution is 2.19. The molecule has 1 atom stereocenters. The number of aromatic nitrogens is 3. The lowest BCUT2D eigenvalue weighted by atomic mass is 10.2. The molecule has 1 aliphatic rings. The fraction of sp³-hybridized carbons (Fsp3) is 0.833. The number of sulfone groups is 1. The molecule has 7 nitrogen and oxygen atoms in total. The third-order valence-electron chi connectivity index (χ3n) is 3.31. The van der Waals surface area contributed by atoms with Gasteiger partial charge in [-0.1, -0.05) is 6.92 Å². The van der Waals surface area contributed by atoms with Crippen LogP contribution in [0.15, 0.2) is 0 Å². The lowest BCUT2D eigenvalue weighted by Crippen LogP contribution is -2.39. The topological polar surface area (TPSA) is 88.2 Å². The maximum Gasteiger partial charge on any atom is 0.180 e. The molecular formula is C12H22N4O3S. The molecule has 8 heteroatoms. The summed E-state index contributed by atoms with van der Waals surface area (Å²) in [5, 5.41) is 7.07. The van der Waals surface area contributed by atoms with E-state index in [0.717, 1.165) is 25.3 Å². The number of H-pyrrole nitrogens is 1. The Kier molecular flexibility index (Phi) is 5.11. The van der Waals surface area contributed by atoms with E-state index in [1.54, 1.807) is 0 Å². The lowest BCUT2D eigenvalue weighted by molar-refractivity contribution is -0.0340. The van der Waals surface area contributed by atoms with Crippen molar-refractivity contribution in [1.82, 2.24) is 20.1 Å². The largest absolute Gasteiger partial charge is 0.367 e. The Balaban J connectivity index is 1.85. The molecule has 1 saturated heterocycles. The van der Waals surface area contributed by atoms with E-state index in [1.165, 1.54) is 6.26 Å². The second-order valence-corrected chi connectivity index (χ2v) is 7.40. The molecule has 20 heavy (non-hydrogen) atoms. The van der Waals surface area contributed by atoms with E-state index in [9.17, 15) is 8.42 Å². The standard InChI is InChI=1S/C12H22N4O3S/c1-3-11-13-12(15-14-11)10-9-16(6-7-19-10)5-4-8-20(2,17)18/h10H,3-9H2,1-2H3,(H,13,14,15)/t10-/m0/s1. The highest BCUT2D eigenvalue weighted by molar-refractivity contribution is 7.90. The van der Waals surface area contributed by atoms with Crippen LogP contribution in [0.1, 0.15) is 31.1 Å². The molecule has 1 aromatic heterocycles. The van der Waals surface area contributed by atoms with Crippen molar-refractivity contribution in [3.63, 3.8) is 0 Å². The molecule has 0 saturated carbocycles. The molecule has 1 N–H and O–H groups in total. The quantitative estimate of drug-likeness (QED) is 0.806. The van der Waals surface area contributed by atoms with E-state index < -0.39 is 9.84 Å². The minimum Gasteiger partial charge on any atom is -0.367 e. The van der Waals surface area contributed by atoms with Crippen LogP contribution in [0.2, 0.25) is 0 Å². The van der Waals surface area contributed by atoms with Gasteiger partial charge in [-0.05, 0) is 13.0 Å². The van der Waals surface area contributed by atoms with Crippen LogP contribution in [0.3, 0.4) is 0 Å². The summed E-state index contributed by atoms with van der Waals surface area (Å²) in [6.07, 6.45) is 2.62. The Morgan fingerprint density at radius 2 is 2.30 bits per heavy atom. The van der Waals surface area contributed by atoms with E-state index in [2.05, 4.69) is 20.1 Å². The van der Waals surface area contributed by atoms with Crippen LogP contribution >= 0.6 is 0 Å². The summed E-state index contributed by atoms with van der Waals surface area (Å²) in [4.78, 5) is 6.60. The van der Waals surface area contributed by atoms with E-state index in [-0.39, 0.29) is 11.9 Å². The van der Waals surface area contributed by atoms with Crippen molar-refractivity contribution in [3.05, 3.63) is 11.6 Å². The summed E-state index contributed by atoms with van der Waals surface area (Å²) in [6.45, 7) is 4.94. The Labute approximate surface area is 119 Å². The van der Waals surface area contributed by atoms with Crippen LogP contribution in [-0.2, 0) is 21.0 Å². The molecule has 0 aliphatic carbocycles. The number of nitrogens with zero attached hydrogens (tertiary/aromatic N) is 3. The molecule has 1 fully saturated rings. The van der Waals surface area contributed by atoms with Crippen molar-refractivity contribution in [3.8, 4) is 0 Å². The van der Waals surface area contributed by atoms with Gasteiger partial charge in [-0.3, -0.25) is 10.00 Å².